The zero-order valence-electron chi connectivity index (χ0n) is 13.4. The highest BCUT2D eigenvalue weighted by Gasteiger charge is 2.21. The van der Waals surface area contributed by atoms with Crippen molar-refractivity contribution in [3.05, 3.63) is 70.2 Å². The van der Waals surface area contributed by atoms with Crippen molar-refractivity contribution in [1.29, 1.82) is 0 Å². The SMILES string of the molecule is Cl.O=C(CNCC1CC1)NC(c1ccccc1)c1ccc(Br)cc1. The van der Waals surface area contributed by atoms with Gasteiger partial charge >= 0.3 is 0 Å². The van der Waals surface area contributed by atoms with Crippen molar-refractivity contribution < 1.29 is 4.79 Å². The summed E-state index contributed by atoms with van der Waals surface area (Å²) in [6.07, 6.45) is 2.58. The average molecular weight is 410 g/mol. The number of hydrogen-bond acceptors (Lipinski definition) is 2. The molecule has 1 fully saturated rings. The number of nitrogens with one attached hydrogen (secondary N) is 2. The third kappa shape index (κ3) is 5.62. The third-order valence-electron chi connectivity index (χ3n) is 4.06. The lowest BCUT2D eigenvalue weighted by atomic mass is 9.99. The highest BCUT2D eigenvalue weighted by atomic mass is 79.9. The van der Waals surface area contributed by atoms with Gasteiger partial charge in [-0.15, -0.1) is 12.4 Å². The van der Waals surface area contributed by atoms with E-state index < -0.39 is 0 Å². The Kier molecular flexibility index (Phi) is 7.28. The summed E-state index contributed by atoms with van der Waals surface area (Å²) in [4.78, 5) is 12.3. The van der Waals surface area contributed by atoms with E-state index in [1.165, 1.54) is 12.8 Å². The topological polar surface area (TPSA) is 41.1 Å². The maximum absolute atomic E-state index is 12.3. The van der Waals surface area contributed by atoms with Crippen LogP contribution in [0.5, 0.6) is 0 Å². The largest absolute Gasteiger partial charge is 0.344 e. The molecular formula is C19H22BrClN2O. The molecule has 0 bridgehead atoms. The van der Waals surface area contributed by atoms with Crippen molar-refractivity contribution in [2.45, 2.75) is 18.9 Å². The van der Waals surface area contributed by atoms with Crippen molar-refractivity contribution in [2.24, 2.45) is 5.92 Å². The van der Waals surface area contributed by atoms with Gasteiger partial charge in [0.1, 0.15) is 0 Å². The predicted molar refractivity (Wildman–Crippen MR) is 103 cm³/mol. The van der Waals surface area contributed by atoms with E-state index in [0.29, 0.717) is 6.54 Å². The Morgan fingerprint density at radius 3 is 2.29 bits per heavy atom. The summed E-state index contributed by atoms with van der Waals surface area (Å²) >= 11 is 3.46. The molecule has 2 N–H and O–H groups in total. The minimum absolute atomic E-state index is 0. The molecular weight excluding hydrogens is 388 g/mol. The van der Waals surface area contributed by atoms with Gasteiger partial charge in [-0.3, -0.25) is 4.79 Å². The number of hydrogen-bond donors (Lipinski definition) is 2. The maximum atomic E-state index is 12.3. The van der Waals surface area contributed by atoms with Crippen molar-refractivity contribution in [3.8, 4) is 0 Å². The van der Waals surface area contributed by atoms with Gasteiger partial charge in [-0.25, -0.2) is 0 Å². The molecule has 5 heteroatoms. The van der Waals surface area contributed by atoms with Crippen LogP contribution in [0.2, 0.25) is 0 Å². The summed E-state index contributed by atoms with van der Waals surface area (Å²) in [5, 5.41) is 6.39. The molecule has 0 spiro atoms. The minimum Gasteiger partial charge on any atom is -0.344 e. The van der Waals surface area contributed by atoms with Gasteiger partial charge in [0, 0.05) is 4.47 Å². The fraction of sp³-hybridized carbons (Fsp3) is 0.316. The molecule has 2 aromatic rings. The molecule has 0 aliphatic heterocycles. The van der Waals surface area contributed by atoms with Crippen LogP contribution in [0.25, 0.3) is 0 Å². The Labute approximate surface area is 157 Å². The van der Waals surface area contributed by atoms with E-state index in [1.54, 1.807) is 0 Å². The summed E-state index contributed by atoms with van der Waals surface area (Å²) < 4.78 is 1.03. The third-order valence-corrected chi connectivity index (χ3v) is 4.59. The van der Waals surface area contributed by atoms with E-state index in [1.807, 2.05) is 54.6 Å². The number of benzene rings is 2. The predicted octanol–water partition coefficient (Wildman–Crippen LogP) is 4.08. The molecule has 1 saturated carbocycles. The summed E-state index contributed by atoms with van der Waals surface area (Å²) in [6, 6.07) is 18.0. The van der Waals surface area contributed by atoms with Crippen molar-refractivity contribution in [2.75, 3.05) is 13.1 Å². The van der Waals surface area contributed by atoms with Crippen molar-refractivity contribution in [3.63, 3.8) is 0 Å². The van der Waals surface area contributed by atoms with Gasteiger partial charge in [-0.2, -0.15) is 0 Å². The first-order chi connectivity index (χ1) is 11.2. The lowest BCUT2D eigenvalue weighted by Crippen LogP contribution is -2.37. The van der Waals surface area contributed by atoms with Crippen molar-refractivity contribution in [1.82, 2.24) is 10.6 Å². The molecule has 3 nitrogen and oxygen atoms in total. The fourth-order valence-corrected chi connectivity index (χ4v) is 2.85. The van der Waals surface area contributed by atoms with E-state index in [4.69, 9.17) is 0 Å². The average Bonchev–Trinajstić information content (AvgIpc) is 3.39. The van der Waals surface area contributed by atoms with Crippen LogP contribution in [0.3, 0.4) is 0 Å². The van der Waals surface area contributed by atoms with Crippen LogP contribution in [-0.2, 0) is 4.79 Å². The summed E-state index contributed by atoms with van der Waals surface area (Å²) in [5.41, 5.74) is 2.17. The van der Waals surface area contributed by atoms with Gasteiger partial charge in [0.05, 0.1) is 12.6 Å². The Hall–Kier alpha value is -1.36. The Morgan fingerprint density at radius 2 is 1.67 bits per heavy atom. The Balaban J connectivity index is 0.00000208. The molecule has 3 rings (SSSR count). The van der Waals surface area contributed by atoms with E-state index >= 15 is 0 Å². The standard InChI is InChI=1S/C19H21BrN2O.ClH/c20-17-10-8-16(9-11-17)19(15-4-2-1-3-5-15)22-18(23)13-21-12-14-6-7-14;/h1-5,8-11,14,19,21H,6-7,12-13H2,(H,22,23);1H. The lowest BCUT2D eigenvalue weighted by molar-refractivity contribution is -0.120. The summed E-state index contributed by atoms with van der Waals surface area (Å²) in [7, 11) is 0. The molecule has 0 aromatic heterocycles. The van der Waals surface area contributed by atoms with Gasteiger partial charge in [-0.1, -0.05) is 58.4 Å². The normalized spacial score (nSPS) is 14.5. The van der Waals surface area contributed by atoms with E-state index in [-0.39, 0.29) is 24.4 Å². The number of amides is 1. The van der Waals surface area contributed by atoms with Crippen LogP contribution in [0, 0.1) is 5.92 Å². The first-order valence-corrected chi connectivity index (χ1v) is 8.82. The van der Waals surface area contributed by atoms with E-state index in [9.17, 15) is 4.79 Å². The molecule has 0 saturated heterocycles. The first kappa shape index (κ1) is 19.0. The summed E-state index contributed by atoms with van der Waals surface area (Å²) in [6.45, 7) is 1.32. The second-order valence-electron chi connectivity index (χ2n) is 6.04. The van der Waals surface area contributed by atoms with Gasteiger partial charge in [0.15, 0.2) is 0 Å². The number of rotatable bonds is 7. The number of carbonyl (C=O) groups is 1. The smallest absolute Gasteiger partial charge is 0.234 e. The highest BCUT2D eigenvalue weighted by Crippen LogP contribution is 2.27. The monoisotopic (exact) mass is 408 g/mol. The molecule has 1 atom stereocenters. The number of carbonyl (C=O) groups excluding carboxylic acids is 1. The second kappa shape index (κ2) is 9.21. The maximum Gasteiger partial charge on any atom is 0.234 e. The van der Waals surface area contributed by atoms with Crippen LogP contribution in [-0.4, -0.2) is 19.0 Å². The van der Waals surface area contributed by atoms with Crippen LogP contribution in [0.1, 0.15) is 30.0 Å². The summed E-state index contributed by atoms with van der Waals surface area (Å²) in [5.74, 6) is 0.807. The number of halogens is 2. The van der Waals surface area contributed by atoms with Gasteiger partial charge in [0.2, 0.25) is 5.91 Å². The van der Waals surface area contributed by atoms with Crippen LogP contribution >= 0.6 is 28.3 Å². The fourth-order valence-electron chi connectivity index (χ4n) is 2.58. The molecule has 1 aliphatic rings. The van der Waals surface area contributed by atoms with Crippen LogP contribution in [0.15, 0.2) is 59.1 Å². The molecule has 24 heavy (non-hydrogen) atoms. The van der Waals surface area contributed by atoms with E-state index in [2.05, 4.69) is 26.6 Å². The van der Waals surface area contributed by atoms with Crippen LogP contribution in [0.4, 0.5) is 0 Å². The van der Waals surface area contributed by atoms with Gasteiger partial charge in [-0.05, 0) is 48.6 Å². The van der Waals surface area contributed by atoms with E-state index in [0.717, 1.165) is 28.1 Å². The lowest BCUT2D eigenvalue weighted by Gasteiger charge is -2.20. The van der Waals surface area contributed by atoms with Gasteiger partial charge in [0.25, 0.3) is 0 Å². The Morgan fingerprint density at radius 1 is 1.04 bits per heavy atom. The quantitative estimate of drug-likeness (QED) is 0.723. The zero-order valence-corrected chi connectivity index (χ0v) is 15.8. The molecule has 0 radical (unpaired) electrons. The highest BCUT2D eigenvalue weighted by molar-refractivity contribution is 9.10. The Bertz CT molecular complexity index is 644. The van der Waals surface area contributed by atoms with Crippen LogP contribution < -0.4 is 10.6 Å². The molecule has 1 amide bonds. The van der Waals surface area contributed by atoms with Gasteiger partial charge < -0.3 is 10.6 Å². The van der Waals surface area contributed by atoms with Crippen molar-refractivity contribution >= 4 is 34.2 Å². The molecule has 1 unspecified atom stereocenters. The molecule has 128 valence electrons. The second-order valence-corrected chi connectivity index (χ2v) is 6.95. The molecule has 0 heterocycles. The minimum atomic E-state index is -0.125. The molecule has 2 aromatic carbocycles. The molecule has 1 aliphatic carbocycles. The zero-order chi connectivity index (χ0) is 16.1. The first-order valence-electron chi connectivity index (χ1n) is 8.03.